The predicted octanol–water partition coefficient (Wildman–Crippen LogP) is -0.388. The number of hydrogen-bond acceptors (Lipinski definition) is 0. The minimum Gasteiger partial charge on any atom is 0 e. The maximum Gasteiger partial charge on any atom is 0 e. The topological polar surface area (TPSA) is 0 Å². The first-order valence-corrected chi connectivity index (χ1v) is 0. The molecule has 0 aliphatic heterocycles. The minimum absolute atomic E-state index is 0. The van der Waals surface area contributed by atoms with Crippen molar-refractivity contribution in [3.63, 3.8) is 0 Å². The SMILES string of the molecule is [Sn].[Ta].[V].[W]. The van der Waals surface area contributed by atoms with Gasteiger partial charge in [-0.25, -0.2) is 0 Å². The average Bonchev–Trinajstić information content (AvgIpc) is 0. The molecule has 0 amide bonds. The molecule has 0 aromatic carbocycles. The molecule has 0 atom stereocenters. The first kappa shape index (κ1) is 29.1. The maximum absolute atomic E-state index is 0. The normalized spacial score (nSPS) is 0. The minimum atomic E-state index is 0. The molecule has 0 nitrogen and oxygen atoms in total. The zero-order chi connectivity index (χ0) is 0. The molecule has 0 saturated heterocycles. The Labute approximate surface area is 84.5 Å². The molecule has 0 aliphatic rings. The van der Waals surface area contributed by atoms with E-state index in [2.05, 4.69) is 0 Å². The van der Waals surface area contributed by atoms with Crippen LogP contribution in [0, 0.1) is 0 Å². The molecule has 0 rings (SSSR count). The molecular formula is SnTaVW. The van der Waals surface area contributed by atoms with E-state index in [0.717, 1.165) is 0 Å². The van der Waals surface area contributed by atoms with Gasteiger partial charge in [0.25, 0.3) is 0 Å². The maximum atomic E-state index is 0. The van der Waals surface area contributed by atoms with E-state index in [4.69, 9.17) is 0 Å². The molecule has 0 heterocycles. The van der Waals surface area contributed by atoms with E-state index in [1.54, 1.807) is 0 Å². The first-order valence-electron chi connectivity index (χ1n) is 0. The third-order valence-corrected chi connectivity index (χ3v) is 0. The van der Waals surface area contributed by atoms with Crippen molar-refractivity contribution in [1.82, 2.24) is 0 Å². The van der Waals surface area contributed by atoms with Gasteiger partial charge in [0.05, 0.1) is 0 Å². The van der Waals surface area contributed by atoms with Crippen LogP contribution < -0.4 is 0 Å². The Balaban J connectivity index is 0. The third-order valence-electron chi connectivity index (χ3n) is 0. The molecule has 4 heteroatoms. The summed E-state index contributed by atoms with van der Waals surface area (Å²) >= 11 is 0. The summed E-state index contributed by atoms with van der Waals surface area (Å²) in [5.41, 5.74) is 0. The molecular weight excluding hydrogens is 534 g/mol. The van der Waals surface area contributed by atoms with Crippen LogP contribution in [0.1, 0.15) is 0 Å². The summed E-state index contributed by atoms with van der Waals surface area (Å²) in [4.78, 5) is 0. The molecule has 20 valence electrons. The van der Waals surface area contributed by atoms with E-state index in [9.17, 15) is 0 Å². The van der Waals surface area contributed by atoms with Gasteiger partial charge in [-0.1, -0.05) is 0 Å². The second-order valence-corrected chi connectivity index (χ2v) is 0. The standard InChI is InChI=1S/Sn.Ta.V.W. The molecule has 0 spiro atoms. The van der Waals surface area contributed by atoms with Crippen molar-refractivity contribution in [1.29, 1.82) is 0 Å². The van der Waals surface area contributed by atoms with Crippen LogP contribution in [0.2, 0.25) is 0 Å². The van der Waals surface area contributed by atoms with E-state index >= 15 is 0 Å². The summed E-state index contributed by atoms with van der Waals surface area (Å²) in [7, 11) is 0. The Morgan fingerprint density at radius 3 is 1.00 bits per heavy atom. The van der Waals surface area contributed by atoms with Gasteiger partial charge in [0.15, 0.2) is 0 Å². The van der Waals surface area contributed by atoms with E-state index in [1.165, 1.54) is 0 Å². The fourth-order valence-corrected chi connectivity index (χ4v) is 0. The zero-order valence-electron chi connectivity index (χ0n) is 1.80. The zero-order valence-corrected chi connectivity index (χ0v) is 12.2. The van der Waals surface area contributed by atoms with Crippen molar-refractivity contribution in [3.05, 3.63) is 0 Å². The Bertz CT molecular complexity index is 8.00. The van der Waals surface area contributed by atoms with Crippen molar-refractivity contribution in [2.75, 3.05) is 0 Å². The fourth-order valence-electron chi connectivity index (χ4n) is 0. The molecule has 6 radical (unpaired) electrons. The Hall–Kier alpha value is 2.81. The van der Waals surface area contributed by atoms with Gasteiger partial charge < -0.3 is 0 Å². The Kier molecular flexibility index (Phi) is 124. The number of rotatable bonds is 0. The molecule has 0 aromatic heterocycles. The van der Waals surface area contributed by atoms with Gasteiger partial charge in [0.2, 0.25) is 0 Å². The molecule has 0 N–H and O–H groups in total. The first-order chi connectivity index (χ1) is 0. The summed E-state index contributed by atoms with van der Waals surface area (Å²) in [5.74, 6) is 0. The molecule has 0 aromatic rings. The fraction of sp³-hybridized carbons (Fsp3) is 0. The van der Waals surface area contributed by atoms with E-state index in [0.29, 0.717) is 0 Å². The largest absolute Gasteiger partial charge is 0 e. The molecule has 0 bridgehead atoms. The van der Waals surface area contributed by atoms with Crippen LogP contribution >= 0.6 is 0 Å². The van der Waals surface area contributed by atoms with Crippen LogP contribution in [0.4, 0.5) is 0 Å². The van der Waals surface area contributed by atoms with Gasteiger partial charge in [-0.2, -0.15) is 0 Å². The van der Waals surface area contributed by atoms with Crippen LogP contribution in [0.25, 0.3) is 0 Å². The van der Waals surface area contributed by atoms with Crippen molar-refractivity contribution in [2.45, 2.75) is 0 Å². The van der Waals surface area contributed by atoms with E-state index < -0.39 is 0 Å². The van der Waals surface area contributed by atoms with Crippen LogP contribution in [0.5, 0.6) is 0 Å². The summed E-state index contributed by atoms with van der Waals surface area (Å²) in [5, 5.41) is 0. The molecule has 0 fully saturated rings. The summed E-state index contributed by atoms with van der Waals surface area (Å²) in [6, 6.07) is 0. The van der Waals surface area contributed by atoms with Crippen molar-refractivity contribution >= 4 is 23.9 Å². The second-order valence-electron chi connectivity index (χ2n) is 0. The smallest absolute Gasteiger partial charge is 0 e. The van der Waals surface area contributed by atoms with Gasteiger partial charge >= 0.3 is 0 Å². The molecule has 0 saturated carbocycles. The molecule has 0 aliphatic carbocycles. The van der Waals surface area contributed by atoms with Gasteiger partial charge in [0, 0.05) is 85.9 Å². The quantitative estimate of drug-likeness (QED) is 0.372. The average molecular weight is 534 g/mol. The summed E-state index contributed by atoms with van der Waals surface area (Å²) in [6.07, 6.45) is 0. The van der Waals surface area contributed by atoms with Crippen LogP contribution in [-0.4, -0.2) is 23.9 Å². The Morgan fingerprint density at radius 1 is 1.00 bits per heavy atom. The van der Waals surface area contributed by atoms with Crippen molar-refractivity contribution in [3.8, 4) is 0 Å². The second kappa shape index (κ2) is 17.0. The van der Waals surface area contributed by atoms with Crippen molar-refractivity contribution < 1.29 is 62.0 Å². The van der Waals surface area contributed by atoms with Gasteiger partial charge in [-0.15, -0.1) is 0 Å². The van der Waals surface area contributed by atoms with Crippen LogP contribution in [0.3, 0.4) is 0 Å². The van der Waals surface area contributed by atoms with E-state index in [-0.39, 0.29) is 85.9 Å². The third kappa shape index (κ3) is 8.84. The van der Waals surface area contributed by atoms with Gasteiger partial charge in [-0.3, -0.25) is 0 Å². The van der Waals surface area contributed by atoms with Crippen LogP contribution in [-0.2, 0) is 62.0 Å². The Morgan fingerprint density at radius 2 is 1.00 bits per heavy atom. The molecule has 0 unspecified atom stereocenters. The molecule has 4 heavy (non-hydrogen) atoms. The van der Waals surface area contributed by atoms with Crippen LogP contribution in [0.15, 0.2) is 0 Å². The predicted molar refractivity (Wildman–Crippen MR) is 5.75 cm³/mol. The van der Waals surface area contributed by atoms with E-state index in [1.807, 2.05) is 0 Å². The van der Waals surface area contributed by atoms with Gasteiger partial charge in [0.1, 0.15) is 0 Å². The van der Waals surface area contributed by atoms with Gasteiger partial charge in [-0.05, 0) is 0 Å². The van der Waals surface area contributed by atoms with Crippen molar-refractivity contribution in [2.24, 2.45) is 0 Å². The monoisotopic (exact) mass is 536 g/mol. The summed E-state index contributed by atoms with van der Waals surface area (Å²) < 4.78 is 0. The number of hydrogen-bond donors (Lipinski definition) is 0. The summed E-state index contributed by atoms with van der Waals surface area (Å²) in [6.45, 7) is 0.